The SMILES string of the molecule is [C-]#[N+]c1ccc2c(c1)c1cc(C#N)ccc1n2-c1ccc2c(c1)-c1cc(-n3c4ccccc4c4c5c6ccccc6n(-c6ccccc6)c5ccc43)ccc1[Si]2(C)C. The summed E-state index contributed by atoms with van der Waals surface area (Å²) < 4.78 is 7.15. The van der Waals surface area contributed by atoms with Gasteiger partial charge in [-0.25, -0.2) is 4.85 Å². The van der Waals surface area contributed by atoms with E-state index in [1.807, 2.05) is 36.4 Å². The average molecular weight is 756 g/mol. The molecule has 58 heavy (non-hydrogen) atoms. The van der Waals surface area contributed by atoms with Crippen LogP contribution in [0.2, 0.25) is 13.1 Å². The van der Waals surface area contributed by atoms with Crippen molar-refractivity contribution in [2.75, 3.05) is 0 Å². The van der Waals surface area contributed by atoms with Crippen LogP contribution in [0.5, 0.6) is 0 Å². The van der Waals surface area contributed by atoms with Gasteiger partial charge in [0.05, 0.1) is 51.3 Å². The van der Waals surface area contributed by atoms with Gasteiger partial charge < -0.3 is 13.7 Å². The molecule has 270 valence electrons. The molecule has 4 heterocycles. The van der Waals surface area contributed by atoms with Crippen LogP contribution >= 0.6 is 0 Å². The molecule has 8 aromatic carbocycles. The van der Waals surface area contributed by atoms with Gasteiger partial charge in [-0.05, 0) is 118 Å². The molecule has 0 atom stereocenters. The average Bonchev–Trinajstić information content (AvgIpc) is 3.96. The van der Waals surface area contributed by atoms with E-state index >= 15 is 0 Å². The zero-order chi connectivity index (χ0) is 38.9. The topological polar surface area (TPSA) is 42.9 Å². The summed E-state index contributed by atoms with van der Waals surface area (Å²) in [5, 5.41) is 19.6. The molecule has 1 aliphatic heterocycles. The molecular weight excluding hydrogens is 723 g/mol. The van der Waals surface area contributed by atoms with Gasteiger partial charge in [0.15, 0.2) is 5.69 Å². The maximum Gasteiger partial charge on any atom is 0.188 e. The minimum Gasteiger partial charge on any atom is -0.309 e. The first-order chi connectivity index (χ1) is 28.4. The molecule has 0 spiro atoms. The monoisotopic (exact) mass is 755 g/mol. The number of para-hydroxylation sites is 3. The van der Waals surface area contributed by atoms with Gasteiger partial charge in [-0.2, -0.15) is 5.26 Å². The van der Waals surface area contributed by atoms with Crippen molar-refractivity contribution in [3.05, 3.63) is 181 Å². The van der Waals surface area contributed by atoms with E-state index in [1.165, 1.54) is 65.1 Å². The third-order valence-electron chi connectivity index (χ3n) is 12.7. The molecule has 0 fully saturated rings. The Hall–Kier alpha value is -7.64. The molecule has 3 aromatic heterocycles. The molecule has 0 bridgehead atoms. The number of hydrogen-bond acceptors (Lipinski definition) is 1. The van der Waals surface area contributed by atoms with Gasteiger partial charge in [0.2, 0.25) is 0 Å². The first kappa shape index (κ1) is 32.6. The Morgan fingerprint density at radius 2 is 0.948 bits per heavy atom. The van der Waals surface area contributed by atoms with Crippen LogP contribution < -0.4 is 10.4 Å². The van der Waals surface area contributed by atoms with Crippen LogP contribution in [0, 0.1) is 17.9 Å². The van der Waals surface area contributed by atoms with E-state index in [4.69, 9.17) is 6.57 Å². The van der Waals surface area contributed by atoms with Gasteiger partial charge in [-0.15, -0.1) is 0 Å². The van der Waals surface area contributed by atoms with Crippen LogP contribution in [0.25, 0.3) is 98.5 Å². The predicted molar refractivity (Wildman–Crippen MR) is 243 cm³/mol. The Bertz CT molecular complexity index is 3610. The van der Waals surface area contributed by atoms with Crippen molar-refractivity contribution in [1.29, 1.82) is 5.26 Å². The highest BCUT2D eigenvalue weighted by Crippen LogP contribution is 2.43. The summed E-state index contributed by atoms with van der Waals surface area (Å²) in [5.74, 6) is 0. The van der Waals surface area contributed by atoms with E-state index in [1.54, 1.807) is 0 Å². The summed E-state index contributed by atoms with van der Waals surface area (Å²) in [5.41, 5.74) is 13.9. The molecule has 0 saturated carbocycles. The number of aromatic nitrogens is 3. The van der Waals surface area contributed by atoms with Gasteiger partial charge in [-0.1, -0.05) is 85.9 Å². The molecule has 12 rings (SSSR count). The summed E-state index contributed by atoms with van der Waals surface area (Å²) in [6.45, 7) is 12.6. The predicted octanol–water partition coefficient (Wildman–Crippen LogP) is 12.2. The Balaban J connectivity index is 1.10. The molecule has 0 N–H and O–H groups in total. The van der Waals surface area contributed by atoms with Crippen LogP contribution in [0.1, 0.15) is 5.56 Å². The van der Waals surface area contributed by atoms with E-state index in [9.17, 15) is 5.26 Å². The van der Waals surface area contributed by atoms with Gasteiger partial charge in [0.25, 0.3) is 0 Å². The zero-order valence-electron chi connectivity index (χ0n) is 31.8. The summed E-state index contributed by atoms with van der Waals surface area (Å²) in [4.78, 5) is 3.73. The number of hydrogen-bond donors (Lipinski definition) is 0. The maximum atomic E-state index is 9.78. The highest BCUT2D eigenvalue weighted by atomic mass is 28.3. The fourth-order valence-electron chi connectivity index (χ4n) is 10.1. The Kier molecular flexibility index (Phi) is 6.57. The van der Waals surface area contributed by atoms with Gasteiger partial charge >= 0.3 is 0 Å². The zero-order valence-corrected chi connectivity index (χ0v) is 32.8. The number of nitrogens with zero attached hydrogens (tertiary/aromatic N) is 5. The number of rotatable bonds is 3. The largest absolute Gasteiger partial charge is 0.309 e. The fraction of sp³-hybridized carbons (Fsp3) is 0.0385. The van der Waals surface area contributed by atoms with Crippen LogP contribution in [-0.2, 0) is 0 Å². The quantitative estimate of drug-likeness (QED) is 0.131. The van der Waals surface area contributed by atoms with Crippen molar-refractivity contribution in [2.24, 2.45) is 0 Å². The summed E-state index contributed by atoms with van der Waals surface area (Å²) in [6.07, 6.45) is 0. The standard InChI is InChI=1S/C52H33N5Si/c1-54-33-18-22-46-40(28-33)39-27-32(31-53)17-21-45(39)56(46)35-19-25-49-41(29-35)42-30-36(20-26-50(42)58(49,2)3)57-44-16-10-8-14-38(44)52-48(57)24-23-47-51(52)37-13-7-9-15-43(37)55(47)34-11-5-4-6-12-34/h4-30H,2-3H3. The lowest BCUT2D eigenvalue weighted by molar-refractivity contribution is 1.17. The van der Waals surface area contributed by atoms with Crippen molar-refractivity contribution in [3.63, 3.8) is 0 Å². The first-order valence-electron chi connectivity index (χ1n) is 19.6. The second kappa shape index (κ2) is 11.7. The summed E-state index contributed by atoms with van der Waals surface area (Å²) in [7, 11) is -2.02. The minimum absolute atomic E-state index is 0.588. The number of nitriles is 1. The summed E-state index contributed by atoms with van der Waals surface area (Å²) in [6, 6.07) is 61.1. The molecule has 5 nitrogen and oxygen atoms in total. The first-order valence-corrected chi connectivity index (χ1v) is 22.6. The van der Waals surface area contributed by atoms with Crippen LogP contribution in [0.3, 0.4) is 0 Å². The van der Waals surface area contributed by atoms with Crippen LogP contribution in [-0.4, -0.2) is 21.8 Å². The maximum absolute atomic E-state index is 9.78. The van der Waals surface area contributed by atoms with Gasteiger partial charge in [0.1, 0.15) is 8.07 Å². The third-order valence-corrected chi connectivity index (χ3v) is 16.2. The molecule has 11 aromatic rings. The Morgan fingerprint density at radius 1 is 0.466 bits per heavy atom. The minimum atomic E-state index is -2.02. The molecule has 6 heteroatoms. The van der Waals surface area contributed by atoms with Crippen molar-refractivity contribution in [1.82, 2.24) is 13.7 Å². The molecule has 0 saturated heterocycles. The third kappa shape index (κ3) is 4.27. The smallest absolute Gasteiger partial charge is 0.188 e. The lowest BCUT2D eigenvalue weighted by atomic mass is 10.0. The van der Waals surface area contributed by atoms with E-state index in [-0.39, 0.29) is 0 Å². The van der Waals surface area contributed by atoms with E-state index in [0.29, 0.717) is 11.3 Å². The Morgan fingerprint density at radius 3 is 1.53 bits per heavy atom. The fourth-order valence-corrected chi connectivity index (χ4v) is 13.2. The highest BCUT2D eigenvalue weighted by molar-refractivity contribution is 7.03. The molecule has 0 amide bonds. The molecular formula is C52H33N5Si. The number of benzene rings is 8. The normalized spacial score (nSPS) is 13.1. The molecule has 0 radical (unpaired) electrons. The lowest BCUT2D eigenvalue weighted by Gasteiger charge is -2.19. The second-order valence-electron chi connectivity index (χ2n) is 16.0. The van der Waals surface area contributed by atoms with Crippen LogP contribution in [0.15, 0.2) is 164 Å². The Labute approximate surface area is 335 Å². The number of fused-ring (bicyclic) bond motifs is 13. The van der Waals surface area contributed by atoms with Crippen molar-refractivity contribution in [2.45, 2.75) is 13.1 Å². The lowest BCUT2D eigenvalue weighted by Crippen LogP contribution is -2.49. The molecule has 0 aliphatic carbocycles. The van der Waals surface area contributed by atoms with Crippen LogP contribution in [0.4, 0.5) is 5.69 Å². The van der Waals surface area contributed by atoms with Crippen molar-refractivity contribution < 1.29 is 0 Å². The second-order valence-corrected chi connectivity index (χ2v) is 20.3. The summed E-state index contributed by atoms with van der Waals surface area (Å²) >= 11 is 0. The van der Waals surface area contributed by atoms with Gasteiger partial charge in [0, 0.05) is 44.0 Å². The van der Waals surface area contributed by atoms with E-state index in [2.05, 4.69) is 165 Å². The van der Waals surface area contributed by atoms with E-state index < -0.39 is 8.07 Å². The van der Waals surface area contributed by atoms with E-state index in [0.717, 1.165) is 38.9 Å². The molecule has 1 aliphatic rings. The van der Waals surface area contributed by atoms with Gasteiger partial charge in [-0.3, -0.25) is 0 Å². The van der Waals surface area contributed by atoms with Crippen molar-refractivity contribution in [3.8, 4) is 34.3 Å². The highest BCUT2D eigenvalue weighted by Gasteiger charge is 2.38. The molecule has 0 unspecified atom stereocenters. The van der Waals surface area contributed by atoms with Crippen molar-refractivity contribution >= 4 is 89.6 Å².